The van der Waals surface area contributed by atoms with Crippen molar-refractivity contribution in [2.75, 3.05) is 0 Å². The van der Waals surface area contributed by atoms with Crippen molar-refractivity contribution in [3.05, 3.63) is 41.6 Å². The SMILES string of the molecule is C[n+]1c(Cl)ccc2ccccc21.[I-]. The first-order chi connectivity index (χ1) is 5.79. The Morgan fingerprint density at radius 3 is 2.54 bits per heavy atom. The molecule has 0 unspecified atom stereocenters. The molecule has 0 aliphatic heterocycles. The van der Waals surface area contributed by atoms with E-state index < -0.39 is 0 Å². The number of para-hydroxylation sites is 1. The van der Waals surface area contributed by atoms with E-state index >= 15 is 0 Å². The molecule has 1 aromatic heterocycles. The second-order valence-corrected chi connectivity index (χ2v) is 3.16. The fourth-order valence-corrected chi connectivity index (χ4v) is 1.47. The highest BCUT2D eigenvalue weighted by atomic mass is 127. The molecule has 2 aromatic rings. The van der Waals surface area contributed by atoms with Gasteiger partial charge in [-0.2, -0.15) is 4.57 Å². The zero-order valence-electron chi connectivity index (χ0n) is 7.17. The van der Waals surface area contributed by atoms with Crippen LogP contribution in [0.25, 0.3) is 10.9 Å². The average Bonchev–Trinajstić information content (AvgIpc) is 2.12. The minimum Gasteiger partial charge on any atom is -1.00 e. The molecule has 0 radical (unpaired) electrons. The molecule has 0 atom stereocenters. The molecule has 0 N–H and O–H groups in total. The van der Waals surface area contributed by atoms with Crippen molar-refractivity contribution >= 4 is 22.5 Å². The Morgan fingerprint density at radius 2 is 1.77 bits per heavy atom. The number of nitrogens with zero attached hydrogens (tertiary/aromatic N) is 1. The van der Waals surface area contributed by atoms with Crippen LogP contribution in [0.1, 0.15) is 0 Å². The predicted octanol–water partition coefficient (Wildman–Crippen LogP) is -0.678. The van der Waals surface area contributed by atoms with Crippen molar-refractivity contribution < 1.29 is 28.5 Å². The van der Waals surface area contributed by atoms with Crippen LogP contribution in [-0.4, -0.2) is 0 Å². The smallest absolute Gasteiger partial charge is 0.275 e. The lowest BCUT2D eigenvalue weighted by Crippen LogP contribution is -3.00. The first-order valence-corrected chi connectivity index (χ1v) is 4.20. The lowest BCUT2D eigenvalue weighted by Gasteiger charge is -1.96. The Bertz CT molecular complexity index is 428. The van der Waals surface area contributed by atoms with Gasteiger partial charge >= 0.3 is 0 Å². The lowest BCUT2D eigenvalue weighted by molar-refractivity contribution is -0.642. The minimum absolute atomic E-state index is 0. The van der Waals surface area contributed by atoms with E-state index in [1.165, 1.54) is 5.39 Å². The standard InChI is InChI=1S/C10H9ClN.HI/c1-12-9-5-3-2-4-8(9)6-7-10(12)11;/h2-7H,1H3;1H/q+1;/p-1. The van der Waals surface area contributed by atoms with Crippen LogP contribution in [0.15, 0.2) is 36.4 Å². The van der Waals surface area contributed by atoms with Crippen LogP contribution < -0.4 is 28.5 Å². The molecule has 0 aliphatic carbocycles. The summed E-state index contributed by atoms with van der Waals surface area (Å²) in [5, 5.41) is 1.97. The predicted molar refractivity (Wildman–Crippen MR) is 50.1 cm³/mol. The monoisotopic (exact) mass is 305 g/mol. The first-order valence-electron chi connectivity index (χ1n) is 3.82. The van der Waals surface area contributed by atoms with Crippen LogP contribution >= 0.6 is 11.6 Å². The average molecular weight is 306 g/mol. The molecular weight excluding hydrogens is 296 g/mol. The summed E-state index contributed by atoms with van der Waals surface area (Å²) in [5.74, 6) is 0. The van der Waals surface area contributed by atoms with Gasteiger partial charge in [-0.05, 0) is 23.7 Å². The topological polar surface area (TPSA) is 3.88 Å². The normalized spacial score (nSPS) is 9.69. The Hall–Kier alpha value is -0.350. The third-order valence-electron chi connectivity index (χ3n) is 2.02. The molecule has 0 fully saturated rings. The third-order valence-corrected chi connectivity index (χ3v) is 2.40. The Balaban J connectivity index is 0.000000845. The van der Waals surface area contributed by atoms with Crippen LogP contribution in [0, 0.1) is 0 Å². The van der Waals surface area contributed by atoms with E-state index in [1.807, 2.05) is 35.9 Å². The van der Waals surface area contributed by atoms with Gasteiger partial charge in [0, 0.05) is 17.5 Å². The van der Waals surface area contributed by atoms with E-state index in [4.69, 9.17) is 11.6 Å². The summed E-state index contributed by atoms with van der Waals surface area (Å²) in [4.78, 5) is 0. The number of aromatic nitrogens is 1. The van der Waals surface area contributed by atoms with E-state index in [0.29, 0.717) is 0 Å². The summed E-state index contributed by atoms with van der Waals surface area (Å²) < 4.78 is 1.97. The van der Waals surface area contributed by atoms with Crippen molar-refractivity contribution in [3.8, 4) is 0 Å². The Labute approximate surface area is 99.4 Å². The highest BCUT2D eigenvalue weighted by molar-refractivity contribution is 6.28. The fraction of sp³-hybridized carbons (Fsp3) is 0.100. The van der Waals surface area contributed by atoms with Gasteiger partial charge < -0.3 is 24.0 Å². The maximum Gasteiger partial charge on any atom is 0.275 e. The van der Waals surface area contributed by atoms with E-state index in [2.05, 4.69) is 12.1 Å². The van der Waals surface area contributed by atoms with Gasteiger partial charge in [-0.3, -0.25) is 0 Å². The van der Waals surface area contributed by atoms with Gasteiger partial charge in [-0.1, -0.05) is 12.1 Å². The number of aryl methyl sites for hydroxylation is 1. The number of fused-ring (bicyclic) bond motifs is 1. The van der Waals surface area contributed by atoms with Crippen LogP contribution in [0.3, 0.4) is 0 Å². The lowest BCUT2D eigenvalue weighted by atomic mass is 10.2. The van der Waals surface area contributed by atoms with Gasteiger partial charge in [0.05, 0.1) is 0 Å². The van der Waals surface area contributed by atoms with Gasteiger partial charge in [-0.25, -0.2) is 0 Å². The fourth-order valence-electron chi connectivity index (χ4n) is 1.32. The molecule has 1 nitrogen and oxygen atoms in total. The van der Waals surface area contributed by atoms with Gasteiger partial charge in [0.1, 0.15) is 7.05 Å². The van der Waals surface area contributed by atoms with Crippen LogP contribution in [0.4, 0.5) is 0 Å². The Morgan fingerprint density at radius 1 is 1.08 bits per heavy atom. The number of rotatable bonds is 0. The van der Waals surface area contributed by atoms with Crippen molar-refractivity contribution in [1.29, 1.82) is 0 Å². The Kier molecular flexibility index (Phi) is 3.50. The molecule has 0 amide bonds. The molecule has 1 aromatic carbocycles. The highest BCUT2D eigenvalue weighted by Gasteiger charge is 2.06. The summed E-state index contributed by atoms with van der Waals surface area (Å²) in [6, 6.07) is 12.1. The van der Waals surface area contributed by atoms with Gasteiger partial charge in [-0.15, -0.1) is 0 Å². The maximum absolute atomic E-state index is 5.95. The summed E-state index contributed by atoms with van der Waals surface area (Å²) >= 11 is 5.95. The van der Waals surface area contributed by atoms with Crippen molar-refractivity contribution in [2.45, 2.75) is 0 Å². The van der Waals surface area contributed by atoms with E-state index in [0.717, 1.165) is 10.7 Å². The molecule has 0 saturated carbocycles. The number of benzene rings is 1. The molecular formula is C10H9ClIN. The highest BCUT2D eigenvalue weighted by Crippen LogP contribution is 2.11. The van der Waals surface area contributed by atoms with Gasteiger partial charge in [0.25, 0.3) is 5.15 Å². The molecule has 2 rings (SSSR count). The second-order valence-electron chi connectivity index (χ2n) is 2.77. The second kappa shape index (κ2) is 4.24. The van der Waals surface area contributed by atoms with Crippen molar-refractivity contribution in [1.82, 2.24) is 0 Å². The van der Waals surface area contributed by atoms with Crippen LogP contribution in [0.5, 0.6) is 0 Å². The van der Waals surface area contributed by atoms with E-state index in [-0.39, 0.29) is 24.0 Å². The molecule has 0 spiro atoms. The summed E-state index contributed by atoms with van der Waals surface area (Å²) in [6.45, 7) is 0. The van der Waals surface area contributed by atoms with Gasteiger partial charge in [0.2, 0.25) is 5.52 Å². The third kappa shape index (κ3) is 1.94. The van der Waals surface area contributed by atoms with Crippen LogP contribution in [-0.2, 0) is 7.05 Å². The minimum atomic E-state index is 0. The van der Waals surface area contributed by atoms with Crippen LogP contribution in [0.2, 0.25) is 5.15 Å². The molecule has 0 aliphatic rings. The molecule has 0 saturated heterocycles. The van der Waals surface area contributed by atoms with Gasteiger partial charge in [0.15, 0.2) is 0 Å². The van der Waals surface area contributed by atoms with E-state index in [9.17, 15) is 0 Å². The largest absolute Gasteiger partial charge is 1.00 e. The first kappa shape index (κ1) is 10.7. The number of pyridine rings is 1. The number of halogens is 2. The molecule has 13 heavy (non-hydrogen) atoms. The summed E-state index contributed by atoms with van der Waals surface area (Å²) in [5.41, 5.74) is 1.16. The molecule has 3 heteroatoms. The molecule has 1 heterocycles. The quantitative estimate of drug-likeness (QED) is 0.345. The number of hydrogen-bond acceptors (Lipinski definition) is 0. The number of hydrogen-bond donors (Lipinski definition) is 0. The summed E-state index contributed by atoms with van der Waals surface area (Å²) in [7, 11) is 1.96. The zero-order valence-corrected chi connectivity index (χ0v) is 10.1. The zero-order chi connectivity index (χ0) is 8.55. The van der Waals surface area contributed by atoms with Crippen molar-refractivity contribution in [3.63, 3.8) is 0 Å². The van der Waals surface area contributed by atoms with E-state index in [1.54, 1.807) is 0 Å². The van der Waals surface area contributed by atoms with Crippen molar-refractivity contribution in [2.24, 2.45) is 7.05 Å². The molecule has 0 bridgehead atoms. The summed E-state index contributed by atoms with van der Waals surface area (Å²) in [6.07, 6.45) is 0. The molecule has 68 valence electrons. The maximum atomic E-state index is 5.95.